The molecular weight excluding hydrogens is 287 g/mol. The summed E-state index contributed by atoms with van der Waals surface area (Å²) in [6, 6.07) is 0.139. The second-order valence-corrected chi connectivity index (χ2v) is 4.87. The second-order valence-electron chi connectivity index (χ2n) is 4.87. The van der Waals surface area contributed by atoms with Crippen molar-refractivity contribution >= 4 is 30.7 Å². The highest BCUT2D eigenvalue weighted by Crippen LogP contribution is 2.24. The van der Waals surface area contributed by atoms with Crippen LogP contribution in [0.4, 0.5) is 0 Å². The molecule has 7 heteroatoms. The second kappa shape index (κ2) is 8.40. The summed E-state index contributed by atoms with van der Waals surface area (Å²) < 4.78 is 1.96. The molecule has 1 aliphatic carbocycles. The summed E-state index contributed by atoms with van der Waals surface area (Å²) in [6.07, 6.45) is 8.34. The van der Waals surface area contributed by atoms with Gasteiger partial charge in [-0.1, -0.05) is 6.42 Å². The van der Waals surface area contributed by atoms with Crippen LogP contribution in [-0.2, 0) is 11.3 Å². The molecule has 5 nitrogen and oxygen atoms in total. The SMILES string of the molecule is CC(Cn1ccnc1)NC(=O)C1CCCC1N.Cl.Cl. The molecule has 3 atom stereocenters. The molecule has 1 aromatic heterocycles. The van der Waals surface area contributed by atoms with Gasteiger partial charge < -0.3 is 15.6 Å². The lowest BCUT2D eigenvalue weighted by Crippen LogP contribution is -2.43. The Balaban J connectivity index is 0.00000162. The fourth-order valence-electron chi connectivity index (χ4n) is 2.42. The van der Waals surface area contributed by atoms with Gasteiger partial charge in [0, 0.05) is 31.0 Å². The highest BCUT2D eigenvalue weighted by Gasteiger charge is 2.30. The van der Waals surface area contributed by atoms with Crippen molar-refractivity contribution in [1.82, 2.24) is 14.9 Å². The number of nitrogens with two attached hydrogens (primary N) is 1. The monoisotopic (exact) mass is 308 g/mol. The van der Waals surface area contributed by atoms with E-state index in [0.717, 1.165) is 25.8 Å². The summed E-state index contributed by atoms with van der Waals surface area (Å²) in [5, 5.41) is 3.02. The lowest BCUT2D eigenvalue weighted by Gasteiger charge is -2.19. The maximum Gasteiger partial charge on any atom is 0.224 e. The van der Waals surface area contributed by atoms with Crippen molar-refractivity contribution in [1.29, 1.82) is 0 Å². The molecule has 19 heavy (non-hydrogen) atoms. The zero-order chi connectivity index (χ0) is 12.3. The smallest absolute Gasteiger partial charge is 0.224 e. The molecule has 110 valence electrons. The summed E-state index contributed by atoms with van der Waals surface area (Å²) in [5.41, 5.74) is 5.92. The molecule has 0 aromatic carbocycles. The van der Waals surface area contributed by atoms with E-state index in [1.165, 1.54) is 0 Å². The molecule has 3 unspecified atom stereocenters. The summed E-state index contributed by atoms with van der Waals surface area (Å²) in [7, 11) is 0. The van der Waals surface area contributed by atoms with Gasteiger partial charge in [0.25, 0.3) is 0 Å². The first-order chi connectivity index (χ1) is 8.16. The Bertz CT molecular complexity index is 372. The lowest BCUT2D eigenvalue weighted by molar-refractivity contribution is -0.125. The van der Waals surface area contributed by atoms with Crippen LogP contribution in [0.3, 0.4) is 0 Å². The zero-order valence-electron chi connectivity index (χ0n) is 11.0. The number of carbonyl (C=O) groups is 1. The molecule has 1 aromatic rings. The number of imidazole rings is 1. The van der Waals surface area contributed by atoms with E-state index in [1.54, 1.807) is 12.5 Å². The van der Waals surface area contributed by atoms with Crippen molar-refractivity contribution in [2.24, 2.45) is 11.7 Å². The van der Waals surface area contributed by atoms with Crippen molar-refractivity contribution in [3.8, 4) is 0 Å². The van der Waals surface area contributed by atoms with Gasteiger partial charge in [-0.2, -0.15) is 0 Å². The summed E-state index contributed by atoms with van der Waals surface area (Å²) in [4.78, 5) is 16.0. The van der Waals surface area contributed by atoms with E-state index in [1.807, 2.05) is 17.7 Å². The number of rotatable bonds is 4. The average Bonchev–Trinajstić information content (AvgIpc) is 2.88. The molecule has 3 N–H and O–H groups in total. The summed E-state index contributed by atoms with van der Waals surface area (Å²) in [5.74, 6) is 0.0999. The minimum Gasteiger partial charge on any atom is -0.352 e. The number of aromatic nitrogens is 2. The van der Waals surface area contributed by atoms with Crippen molar-refractivity contribution in [2.45, 2.75) is 44.8 Å². The number of halogens is 2. The molecule has 0 spiro atoms. The van der Waals surface area contributed by atoms with Crippen LogP contribution >= 0.6 is 24.8 Å². The highest BCUT2D eigenvalue weighted by molar-refractivity contribution is 5.85. The molecule has 1 heterocycles. The van der Waals surface area contributed by atoms with E-state index < -0.39 is 0 Å². The molecule has 1 saturated carbocycles. The van der Waals surface area contributed by atoms with Crippen LogP contribution in [0.1, 0.15) is 26.2 Å². The number of nitrogens with one attached hydrogen (secondary N) is 1. The molecule has 1 aliphatic rings. The molecule has 0 bridgehead atoms. The van der Waals surface area contributed by atoms with Crippen LogP contribution in [0.5, 0.6) is 0 Å². The predicted octanol–water partition coefficient (Wildman–Crippen LogP) is 1.36. The number of hydrogen-bond donors (Lipinski definition) is 2. The third-order valence-electron chi connectivity index (χ3n) is 3.34. The third kappa shape index (κ3) is 5.01. The van der Waals surface area contributed by atoms with Crippen LogP contribution in [0, 0.1) is 5.92 Å². The van der Waals surface area contributed by atoms with Crippen molar-refractivity contribution in [3.63, 3.8) is 0 Å². The van der Waals surface area contributed by atoms with Gasteiger partial charge >= 0.3 is 0 Å². The normalized spacial score (nSPS) is 23.1. The van der Waals surface area contributed by atoms with E-state index in [2.05, 4.69) is 10.3 Å². The van der Waals surface area contributed by atoms with Gasteiger partial charge in [-0.25, -0.2) is 4.98 Å². The number of nitrogens with zero attached hydrogens (tertiary/aromatic N) is 2. The molecular formula is C12H22Cl2N4O. The Morgan fingerprint density at radius 2 is 2.26 bits per heavy atom. The van der Waals surface area contributed by atoms with Crippen LogP contribution < -0.4 is 11.1 Å². The first-order valence-electron chi connectivity index (χ1n) is 6.18. The van der Waals surface area contributed by atoms with Gasteiger partial charge in [0.15, 0.2) is 0 Å². The predicted molar refractivity (Wildman–Crippen MR) is 79.6 cm³/mol. The number of hydrogen-bond acceptors (Lipinski definition) is 3. The topological polar surface area (TPSA) is 72.9 Å². The maximum atomic E-state index is 12.0. The molecule has 0 radical (unpaired) electrons. The van der Waals surface area contributed by atoms with E-state index in [4.69, 9.17) is 5.73 Å². The van der Waals surface area contributed by atoms with E-state index in [0.29, 0.717) is 0 Å². The van der Waals surface area contributed by atoms with Gasteiger partial charge in [0.05, 0.1) is 12.2 Å². The first kappa shape index (κ1) is 18.2. The molecule has 0 aliphatic heterocycles. The quantitative estimate of drug-likeness (QED) is 0.882. The lowest BCUT2D eigenvalue weighted by atomic mass is 10.0. The fourth-order valence-corrected chi connectivity index (χ4v) is 2.42. The van der Waals surface area contributed by atoms with Gasteiger partial charge in [0.1, 0.15) is 0 Å². The van der Waals surface area contributed by atoms with Gasteiger partial charge in [-0.05, 0) is 19.8 Å². The first-order valence-corrected chi connectivity index (χ1v) is 6.18. The minimum absolute atomic E-state index is 0. The average molecular weight is 309 g/mol. The van der Waals surface area contributed by atoms with Gasteiger partial charge in [0.2, 0.25) is 5.91 Å². The third-order valence-corrected chi connectivity index (χ3v) is 3.34. The van der Waals surface area contributed by atoms with E-state index in [9.17, 15) is 4.79 Å². The van der Waals surface area contributed by atoms with Crippen LogP contribution in [-0.4, -0.2) is 27.5 Å². The Morgan fingerprint density at radius 1 is 1.53 bits per heavy atom. The molecule has 0 saturated heterocycles. The van der Waals surface area contributed by atoms with Crippen molar-refractivity contribution < 1.29 is 4.79 Å². The Morgan fingerprint density at radius 3 is 2.79 bits per heavy atom. The van der Waals surface area contributed by atoms with Crippen LogP contribution in [0.2, 0.25) is 0 Å². The van der Waals surface area contributed by atoms with Crippen molar-refractivity contribution in [3.05, 3.63) is 18.7 Å². The number of amides is 1. The van der Waals surface area contributed by atoms with Gasteiger partial charge in [-0.15, -0.1) is 24.8 Å². The molecule has 2 rings (SSSR count). The van der Waals surface area contributed by atoms with Crippen LogP contribution in [0.15, 0.2) is 18.7 Å². The molecule has 1 amide bonds. The van der Waals surface area contributed by atoms with E-state index in [-0.39, 0.29) is 48.7 Å². The molecule has 1 fully saturated rings. The van der Waals surface area contributed by atoms with Gasteiger partial charge in [-0.3, -0.25) is 4.79 Å². The standard InChI is InChI=1S/C12H20N4O.2ClH/c1-9(7-16-6-5-14-8-16)15-12(17)10-3-2-4-11(10)13;;/h5-6,8-11H,2-4,7,13H2,1H3,(H,15,17);2*1H. The maximum absolute atomic E-state index is 12.0. The minimum atomic E-state index is 0. The number of carbonyl (C=O) groups excluding carboxylic acids is 1. The largest absolute Gasteiger partial charge is 0.352 e. The Kier molecular flexibility index (Phi) is 8.06. The summed E-state index contributed by atoms with van der Waals surface area (Å²) >= 11 is 0. The Labute approximate surface area is 126 Å². The zero-order valence-corrected chi connectivity index (χ0v) is 12.6. The highest BCUT2D eigenvalue weighted by atomic mass is 35.5. The van der Waals surface area contributed by atoms with E-state index >= 15 is 0 Å². The van der Waals surface area contributed by atoms with Crippen molar-refractivity contribution in [2.75, 3.05) is 0 Å². The Hall–Kier alpha value is -0.780. The summed E-state index contributed by atoms with van der Waals surface area (Å²) in [6.45, 7) is 2.74. The fraction of sp³-hybridized carbons (Fsp3) is 0.667. The van der Waals surface area contributed by atoms with Crippen LogP contribution in [0.25, 0.3) is 0 Å².